The molecule has 1 atom stereocenters. The minimum Gasteiger partial charge on any atom is -0.493 e. The molecule has 0 aliphatic carbocycles. The second-order valence-corrected chi connectivity index (χ2v) is 5.16. The Bertz CT molecular complexity index is 491. The van der Waals surface area contributed by atoms with Gasteiger partial charge in [0.25, 0.3) is 0 Å². The fourth-order valence-electron chi connectivity index (χ4n) is 1.79. The molecule has 0 aliphatic rings. The second kappa shape index (κ2) is 6.32. The molecule has 3 nitrogen and oxygen atoms in total. The van der Waals surface area contributed by atoms with Crippen LogP contribution in [0.15, 0.2) is 47.3 Å². The maximum Gasteiger partial charge on any atom is 0.121 e. The maximum absolute atomic E-state index is 5.72. The first-order chi connectivity index (χ1) is 9.15. The van der Waals surface area contributed by atoms with Gasteiger partial charge in [-0.2, -0.15) is 0 Å². The fraction of sp³-hybridized carbons (Fsp3) is 0.375. The van der Waals surface area contributed by atoms with Gasteiger partial charge in [-0.1, -0.05) is 19.9 Å². The van der Waals surface area contributed by atoms with Crippen molar-refractivity contribution in [3.8, 4) is 5.75 Å². The van der Waals surface area contributed by atoms with Crippen LogP contribution in [0, 0.1) is 5.92 Å². The van der Waals surface area contributed by atoms with Crippen LogP contribution in [0.3, 0.4) is 0 Å². The monoisotopic (exact) mass is 259 g/mol. The third kappa shape index (κ3) is 4.05. The Hall–Kier alpha value is -1.90. The van der Waals surface area contributed by atoms with Crippen molar-refractivity contribution in [2.45, 2.75) is 26.8 Å². The number of hydrogen-bond acceptors (Lipinski definition) is 3. The smallest absolute Gasteiger partial charge is 0.121 e. The average Bonchev–Trinajstić information content (AvgIpc) is 2.91. The fourth-order valence-corrected chi connectivity index (χ4v) is 1.79. The van der Waals surface area contributed by atoms with Crippen LogP contribution >= 0.6 is 0 Å². The van der Waals surface area contributed by atoms with Gasteiger partial charge in [-0.15, -0.1) is 0 Å². The van der Waals surface area contributed by atoms with E-state index in [0.29, 0.717) is 5.92 Å². The standard InChI is InChI=1S/C16H21NO2/c1-12(2)10-19-16-6-4-5-15(9-16)17-13(3)14-7-8-18-11-14/h4-9,11-13,17H,10H2,1-3H3. The van der Waals surface area contributed by atoms with Crippen LogP contribution in [-0.4, -0.2) is 6.61 Å². The number of hydrogen-bond donors (Lipinski definition) is 1. The third-order valence-corrected chi connectivity index (χ3v) is 2.84. The highest BCUT2D eigenvalue weighted by molar-refractivity contribution is 5.49. The first-order valence-electron chi connectivity index (χ1n) is 6.66. The number of rotatable bonds is 6. The van der Waals surface area contributed by atoms with Crippen LogP contribution in [0.4, 0.5) is 5.69 Å². The third-order valence-electron chi connectivity index (χ3n) is 2.84. The quantitative estimate of drug-likeness (QED) is 0.830. The molecule has 0 saturated heterocycles. The predicted molar refractivity (Wildman–Crippen MR) is 77.5 cm³/mol. The normalized spacial score (nSPS) is 12.4. The molecule has 1 aromatic carbocycles. The molecule has 0 fully saturated rings. The molecule has 0 aliphatic heterocycles. The first-order valence-corrected chi connectivity index (χ1v) is 6.66. The molecular formula is C16H21NO2. The van der Waals surface area contributed by atoms with Crippen molar-refractivity contribution < 1.29 is 9.15 Å². The summed E-state index contributed by atoms with van der Waals surface area (Å²) in [7, 11) is 0. The summed E-state index contributed by atoms with van der Waals surface area (Å²) in [6.45, 7) is 7.12. The van der Waals surface area contributed by atoms with E-state index in [1.165, 1.54) is 0 Å². The zero-order valence-corrected chi connectivity index (χ0v) is 11.7. The highest BCUT2D eigenvalue weighted by Crippen LogP contribution is 2.23. The molecule has 1 heterocycles. The number of anilines is 1. The van der Waals surface area contributed by atoms with Gasteiger partial charge in [0, 0.05) is 17.3 Å². The van der Waals surface area contributed by atoms with Gasteiger partial charge in [0.1, 0.15) is 5.75 Å². The lowest BCUT2D eigenvalue weighted by Gasteiger charge is -2.15. The molecule has 1 N–H and O–H groups in total. The molecule has 3 heteroatoms. The van der Waals surface area contributed by atoms with Crippen molar-refractivity contribution in [3.63, 3.8) is 0 Å². The van der Waals surface area contributed by atoms with Crippen LogP contribution in [0.5, 0.6) is 5.75 Å². The van der Waals surface area contributed by atoms with Gasteiger partial charge in [0.05, 0.1) is 25.2 Å². The molecule has 0 saturated carbocycles. The lowest BCUT2D eigenvalue weighted by Crippen LogP contribution is -2.07. The average molecular weight is 259 g/mol. The molecule has 1 unspecified atom stereocenters. The zero-order valence-electron chi connectivity index (χ0n) is 11.7. The Labute approximate surface area is 114 Å². The highest BCUT2D eigenvalue weighted by atomic mass is 16.5. The van der Waals surface area contributed by atoms with Gasteiger partial charge < -0.3 is 14.5 Å². The summed E-state index contributed by atoms with van der Waals surface area (Å²) in [6.07, 6.45) is 3.45. The Morgan fingerprint density at radius 3 is 2.74 bits per heavy atom. The summed E-state index contributed by atoms with van der Waals surface area (Å²) in [5.74, 6) is 1.43. The SMILES string of the molecule is CC(C)COc1cccc(NC(C)c2ccoc2)c1. The molecule has 0 amide bonds. The summed E-state index contributed by atoms with van der Waals surface area (Å²) in [5.41, 5.74) is 2.18. The van der Waals surface area contributed by atoms with Gasteiger partial charge in [-0.05, 0) is 31.0 Å². The minimum absolute atomic E-state index is 0.207. The van der Waals surface area contributed by atoms with E-state index < -0.39 is 0 Å². The molecular weight excluding hydrogens is 238 g/mol. The van der Waals surface area contributed by atoms with Crippen LogP contribution in [-0.2, 0) is 0 Å². The molecule has 19 heavy (non-hydrogen) atoms. The number of nitrogens with one attached hydrogen (secondary N) is 1. The van der Waals surface area contributed by atoms with Gasteiger partial charge in [0.2, 0.25) is 0 Å². The molecule has 102 valence electrons. The Kier molecular flexibility index (Phi) is 4.50. The van der Waals surface area contributed by atoms with Crippen molar-refractivity contribution in [1.82, 2.24) is 0 Å². The topological polar surface area (TPSA) is 34.4 Å². The summed E-state index contributed by atoms with van der Waals surface area (Å²) in [6, 6.07) is 10.2. The van der Waals surface area contributed by atoms with Gasteiger partial charge in [-0.25, -0.2) is 0 Å². The van der Waals surface area contributed by atoms with E-state index in [9.17, 15) is 0 Å². The van der Waals surface area contributed by atoms with E-state index in [-0.39, 0.29) is 6.04 Å². The molecule has 0 spiro atoms. The molecule has 0 radical (unpaired) electrons. The Balaban J connectivity index is 1.98. The van der Waals surface area contributed by atoms with Crippen LogP contribution in [0.2, 0.25) is 0 Å². The van der Waals surface area contributed by atoms with E-state index in [1.54, 1.807) is 12.5 Å². The minimum atomic E-state index is 0.207. The van der Waals surface area contributed by atoms with Gasteiger partial charge >= 0.3 is 0 Å². The number of ether oxygens (including phenoxy) is 1. The summed E-state index contributed by atoms with van der Waals surface area (Å²) in [5, 5.41) is 3.43. The number of furan rings is 1. The van der Waals surface area contributed by atoms with Crippen molar-refractivity contribution >= 4 is 5.69 Å². The van der Waals surface area contributed by atoms with Crippen molar-refractivity contribution in [2.24, 2.45) is 5.92 Å². The largest absolute Gasteiger partial charge is 0.493 e. The molecule has 1 aromatic heterocycles. The zero-order chi connectivity index (χ0) is 13.7. The summed E-state index contributed by atoms with van der Waals surface area (Å²) < 4.78 is 10.8. The summed E-state index contributed by atoms with van der Waals surface area (Å²) in [4.78, 5) is 0. The molecule has 2 rings (SSSR count). The predicted octanol–water partition coefficient (Wildman–Crippen LogP) is 4.49. The van der Waals surface area contributed by atoms with Crippen LogP contribution in [0.1, 0.15) is 32.4 Å². The molecule has 0 bridgehead atoms. The van der Waals surface area contributed by atoms with E-state index >= 15 is 0 Å². The molecule has 2 aromatic rings. The van der Waals surface area contributed by atoms with E-state index in [1.807, 2.05) is 30.3 Å². The highest BCUT2D eigenvalue weighted by Gasteiger charge is 2.07. The van der Waals surface area contributed by atoms with Crippen molar-refractivity contribution in [2.75, 3.05) is 11.9 Å². The lowest BCUT2D eigenvalue weighted by atomic mass is 10.1. The van der Waals surface area contributed by atoms with Gasteiger partial charge in [-0.3, -0.25) is 0 Å². The lowest BCUT2D eigenvalue weighted by molar-refractivity contribution is 0.271. The number of benzene rings is 1. The Morgan fingerprint density at radius 1 is 1.21 bits per heavy atom. The summed E-state index contributed by atoms with van der Waals surface area (Å²) >= 11 is 0. The van der Waals surface area contributed by atoms with Crippen molar-refractivity contribution in [3.05, 3.63) is 48.4 Å². The Morgan fingerprint density at radius 2 is 2.05 bits per heavy atom. The van der Waals surface area contributed by atoms with Gasteiger partial charge in [0.15, 0.2) is 0 Å². The van der Waals surface area contributed by atoms with Crippen molar-refractivity contribution in [1.29, 1.82) is 0 Å². The maximum atomic E-state index is 5.72. The second-order valence-electron chi connectivity index (χ2n) is 5.16. The van der Waals surface area contributed by atoms with E-state index in [2.05, 4.69) is 26.1 Å². The van der Waals surface area contributed by atoms with Crippen LogP contribution < -0.4 is 10.1 Å². The van der Waals surface area contributed by atoms with Crippen LogP contribution in [0.25, 0.3) is 0 Å². The first kappa shape index (κ1) is 13.5. The van der Waals surface area contributed by atoms with E-state index in [4.69, 9.17) is 9.15 Å². The van der Waals surface area contributed by atoms with E-state index in [0.717, 1.165) is 23.6 Å².